The fraction of sp³-hybridized carbons (Fsp3) is 0.200. The molecule has 0 aliphatic heterocycles. The van der Waals surface area contributed by atoms with Gasteiger partial charge in [0.25, 0.3) is 0 Å². The van der Waals surface area contributed by atoms with Crippen LogP contribution in [-0.4, -0.2) is 46.8 Å². The molecular formula is C15H15N9O. The first kappa shape index (κ1) is 15.0. The lowest BCUT2D eigenvalue weighted by atomic mass is 10.2. The first-order chi connectivity index (χ1) is 12.3. The number of hydrogen-bond donors (Lipinski definition) is 2. The van der Waals surface area contributed by atoms with E-state index >= 15 is 0 Å². The molecule has 3 heterocycles. The van der Waals surface area contributed by atoms with Crippen molar-refractivity contribution in [2.45, 2.75) is 13.0 Å². The van der Waals surface area contributed by atoms with Crippen molar-refractivity contribution in [3.63, 3.8) is 0 Å². The van der Waals surface area contributed by atoms with E-state index in [1.54, 1.807) is 6.33 Å². The normalized spacial score (nSPS) is 11.0. The van der Waals surface area contributed by atoms with Gasteiger partial charge in [0.2, 0.25) is 5.82 Å². The molecule has 0 radical (unpaired) electrons. The largest absolute Gasteiger partial charge is 0.494 e. The van der Waals surface area contributed by atoms with Gasteiger partial charge in [-0.1, -0.05) is 0 Å². The van der Waals surface area contributed by atoms with Crippen molar-refractivity contribution in [2.24, 2.45) is 0 Å². The second-order valence-electron chi connectivity index (χ2n) is 5.33. The highest BCUT2D eigenvalue weighted by molar-refractivity contribution is 5.81. The highest BCUT2D eigenvalue weighted by atomic mass is 16.5. The van der Waals surface area contributed by atoms with Gasteiger partial charge in [0.15, 0.2) is 11.5 Å². The zero-order valence-electron chi connectivity index (χ0n) is 13.2. The summed E-state index contributed by atoms with van der Waals surface area (Å²) in [6, 6.07) is 7.55. The van der Waals surface area contributed by atoms with Crippen molar-refractivity contribution in [1.29, 1.82) is 0 Å². The Kier molecular flexibility index (Phi) is 3.91. The van der Waals surface area contributed by atoms with Gasteiger partial charge >= 0.3 is 0 Å². The summed E-state index contributed by atoms with van der Waals surface area (Å²) in [5, 5.41) is 13.8. The van der Waals surface area contributed by atoms with Gasteiger partial charge in [-0.05, 0) is 35.9 Å². The van der Waals surface area contributed by atoms with Crippen LogP contribution in [0.4, 0.5) is 5.82 Å². The second-order valence-corrected chi connectivity index (χ2v) is 5.33. The van der Waals surface area contributed by atoms with Gasteiger partial charge in [-0.25, -0.2) is 15.0 Å². The number of H-pyrrole nitrogens is 1. The molecule has 0 fully saturated rings. The first-order valence-electron chi connectivity index (χ1n) is 7.69. The summed E-state index contributed by atoms with van der Waals surface area (Å²) in [4.78, 5) is 12.4. The molecule has 0 amide bonds. The molecule has 4 rings (SSSR count). The number of aromatic amines is 1. The Hall–Kier alpha value is -3.56. The minimum atomic E-state index is 0.390. The zero-order valence-corrected chi connectivity index (χ0v) is 13.2. The van der Waals surface area contributed by atoms with Crippen molar-refractivity contribution in [3.8, 4) is 17.1 Å². The number of tetrazole rings is 1. The molecule has 3 N–H and O–H groups in total. The van der Waals surface area contributed by atoms with Gasteiger partial charge < -0.3 is 15.0 Å². The topological polar surface area (TPSA) is 133 Å². The highest BCUT2D eigenvalue weighted by Gasteiger charge is 2.07. The molecule has 0 bridgehead atoms. The van der Waals surface area contributed by atoms with E-state index in [1.165, 1.54) is 6.33 Å². The van der Waals surface area contributed by atoms with E-state index < -0.39 is 0 Å². The Morgan fingerprint density at radius 2 is 2.00 bits per heavy atom. The maximum atomic E-state index is 5.78. The standard InChI is InChI=1S/C15H15N9O/c16-13-12-15(18-8-17-13)24(9-19-12)6-1-7-25-11-4-2-10(3-5-11)14-20-22-23-21-14/h2-5,8-9H,1,6-7H2,(H2,16,17,18)(H,20,21,22,23). The minimum Gasteiger partial charge on any atom is -0.494 e. The van der Waals surface area contributed by atoms with Crippen molar-refractivity contribution in [3.05, 3.63) is 36.9 Å². The Morgan fingerprint density at radius 3 is 2.80 bits per heavy atom. The number of nitrogens with one attached hydrogen (secondary N) is 1. The van der Waals surface area contributed by atoms with Gasteiger partial charge in [-0.3, -0.25) is 0 Å². The fourth-order valence-corrected chi connectivity index (χ4v) is 2.47. The number of imidazole rings is 1. The van der Waals surface area contributed by atoms with Crippen molar-refractivity contribution >= 4 is 17.0 Å². The van der Waals surface area contributed by atoms with Crippen LogP contribution in [0.2, 0.25) is 0 Å². The molecule has 126 valence electrons. The van der Waals surface area contributed by atoms with Gasteiger partial charge in [0, 0.05) is 12.1 Å². The Labute approximate surface area is 142 Å². The molecule has 0 saturated carbocycles. The number of hydrogen-bond acceptors (Lipinski definition) is 8. The lowest BCUT2D eigenvalue weighted by Gasteiger charge is -2.07. The molecule has 0 aliphatic rings. The molecule has 0 aliphatic carbocycles. The van der Waals surface area contributed by atoms with Crippen LogP contribution in [0.1, 0.15) is 6.42 Å². The average molecular weight is 337 g/mol. The predicted octanol–water partition coefficient (Wildman–Crippen LogP) is 1.06. The summed E-state index contributed by atoms with van der Waals surface area (Å²) < 4.78 is 7.70. The van der Waals surface area contributed by atoms with Crippen LogP contribution in [0.25, 0.3) is 22.6 Å². The number of anilines is 1. The molecule has 10 nitrogen and oxygen atoms in total. The van der Waals surface area contributed by atoms with E-state index in [1.807, 2.05) is 28.8 Å². The third-order valence-electron chi connectivity index (χ3n) is 3.70. The number of nitrogens with two attached hydrogens (primary N) is 1. The molecule has 10 heteroatoms. The molecule has 0 spiro atoms. The molecule has 0 atom stereocenters. The van der Waals surface area contributed by atoms with E-state index in [-0.39, 0.29) is 0 Å². The molecule has 4 aromatic rings. The smallest absolute Gasteiger partial charge is 0.204 e. The number of fused-ring (bicyclic) bond motifs is 1. The number of aryl methyl sites for hydroxylation is 1. The fourth-order valence-electron chi connectivity index (χ4n) is 2.47. The maximum Gasteiger partial charge on any atom is 0.204 e. The van der Waals surface area contributed by atoms with Gasteiger partial charge in [0.1, 0.15) is 17.6 Å². The molecule has 0 saturated heterocycles. The van der Waals surface area contributed by atoms with E-state index in [0.29, 0.717) is 23.8 Å². The summed E-state index contributed by atoms with van der Waals surface area (Å²) in [5.74, 6) is 1.73. The molecule has 1 aromatic carbocycles. The van der Waals surface area contributed by atoms with Crippen LogP contribution in [-0.2, 0) is 6.54 Å². The monoisotopic (exact) mass is 337 g/mol. The zero-order chi connectivity index (χ0) is 17.1. The SMILES string of the molecule is Nc1ncnc2c1ncn2CCCOc1ccc(-c2nn[nH]n2)cc1. The number of benzene rings is 1. The van der Waals surface area contributed by atoms with Crippen LogP contribution in [0, 0.1) is 0 Å². The first-order valence-corrected chi connectivity index (χ1v) is 7.69. The lowest BCUT2D eigenvalue weighted by Crippen LogP contribution is -2.04. The van der Waals surface area contributed by atoms with E-state index in [4.69, 9.17) is 10.5 Å². The number of ether oxygens (including phenoxy) is 1. The van der Waals surface area contributed by atoms with Crippen LogP contribution in [0.15, 0.2) is 36.9 Å². The average Bonchev–Trinajstić information content (AvgIpc) is 3.30. The van der Waals surface area contributed by atoms with E-state index in [0.717, 1.165) is 29.9 Å². The molecular weight excluding hydrogens is 322 g/mol. The molecule has 0 unspecified atom stereocenters. The predicted molar refractivity (Wildman–Crippen MR) is 89.5 cm³/mol. The Balaban J connectivity index is 1.32. The molecule has 3 aromatic heterocycles. The summed E-state index contributed by atoms with van der Waals surface area (Å²) >= 11 is 0. The number of aromatic nitrogens is 8. The van der Waals surface area contributed by atoms with Crippen molar-refractivity contribution in [2.75, 3.05) is 12.3 Å². The van der Waals surface area contributed by atoms with Crippen molar-refractivity contribution < 1.29 is 4.74 Å². The van der Waals surface area contributed by atoms with Crippen LogP contribution < -0.4 is 10.5 Å². The second kappa shape index (κ2) is 6.51. The maximum absolute atomic E-state index is 5.78. The van der Waals surface area contributed by atoms with Gasteiger partial charge in [-0.2, -0.15) is 5.21 Å². The lowest BCUT2D eigenvalue weighted by molar-refractivity contribution is 0.302. The summed E-state index contributed by atoms with van der Waals surface area (Å²) in [5.41, 5.74) is 8.02. The quantitative estimate of drug-likeness (QED) is 0.499. The minimum absolute atomic E-state index is 0.390. The molecule has 25 heavy (non-hydrogen) atoms. The number of nitrogens with zero attached hydrogens (tertiary/aromatic N) is 7. The Morgan fingerprint density at radius 1 is 1.12 bits per heavy atom. The number of rotatable bonds is 6. The van der Waals surface area contributed by atoms with Gasteiger partial charge in [-0.15, -0.1) is 10.2 Å². The third kappa shape index (κ3) is 3.09. The summed E-state index contributed by atoms with van der Waals surface area (Å²) in [6.45, 7) is 1.30. The van der Waals surface area contributed by atoms with Crippen LogP contribution in [0.3, 0.4) is 0 Å². The van der Waals surface area contributed by atoms with Crippen LogP contribution in [0.5, 0.6) is 5.75 Å². The van der Waals surface area contributed by atoms with E-state index in [2.05, 4.69) is 35.6 Å². The van der Waals surface area contributed by atoms with Crippen molar-refractivity contribution in [1.82, 2.24) is 40.1 Å². The third-order valence-corrected chi connectivity index (χ3v) is 3.70. The van der Waals surface area contributed by atoms with Crippen LogP contribution >= 0.6 is 0 Å². The van der Waals surface area contributed by atoms with Gasteiger partial charge in [0.05, 0.1) is 12.9 Å². The summed E-state index contributed by atoms with van der Waals surface area (Å²) in [7, 11) is 0. The Bertz CT molecular complexity index is 963. The van der Waals surface area contributed by atoms with E-state index in [9.17, 15) is 0 Å². The summed E-state index contributed by atoms with van der Waals surface area (Å²) in [6.07, 6.45) is 3.97. The highest BCUT2D eigenvalue weighted by Crippen LogP contribution is 2.19. The number of nitrogen functional groups attached to an aromatic ring is 1.